The van der Waals surface area contributed by atoms with Gasteiger partial charge in [0.1, 0.15) is 6.04 Å². The smallest absolute Gasteiger partial charge is 0.247 e. The van der Waals surface area contributed by atoms with E-state index in [2.05, 4.69) is 5.10 Å². The Kier molecular flexibility index (Phi) is 10.9. The van der Waals surface area contributed by atoms with E-state index in [1.165, 1.54) is 4.90 Å². The normalized spacial score (nSPS) is 11.8. The van der Waals surface area contributed by atoms with Crippen LogP contribution in [0.5, 0.6) is 0 Å². The Bertz CT molecular complexity index is 508. The summed E-state index contributed by atoms with van der Waals surface area (Å²) in [7, 11) is 3.36. The lowest BCUT2D eigenvalue weighted by Gasteiger charge is -2.30. The molecule has 1 rings (SSSR count). The van der Waals surface area contributed by atoms with Crippen molar-refractivity contribution in [1.29, 1.82) is 0 Å². The monoisotopic (exact) mass is 381 g/mol. The summed E-state index contributed by atoms with van der Waals surface area (Å²) in [6, 6.07) is 1.33. The maximum atomic E-state index is 12.3. The van der Waals surface area contributed by atoms with E-state index in [9.17, 15) is 9.59 Å². The van der Waals surface area contributed by atoms with E-state index in [1.807, 2.05) is 13.8 Å². The second kappa shape index (κ2) is 10.5. The molecule has 2 amide bonds. The summed E-state index contributed by atoms with van der Waals surface area (Å²) in [5, 5.41) is 4.05. The molecule has 0 aromatic carbocycles. The highest BCUT2D eigenvalue weighted by molar-refractivity contribution is 5.86. The van der Waals surface area contributed by atoms with Crippen molar-refractivity contribution in [1.82, 2.24) is 19.6 Å². The number of nitrogens with zero attached hydrogens (tertiary/aromatic N) is 4. The molecular formula is C15H29Cl2N5O2. The van der Waals surface area contributed by atoms with Crippen LogP contribution in [0.3, 0.4) is 0 Å². The molecule has 0 aliphatic rings. The molecule has 7 nitrogen and oxygen atoms in total. The van der Waals surface area contributed by atoms with Crippen molar-refractivity contribution in [2.45, 2.75) is 26.8 Å². The lowest BCUT2D eigenvalue weighted by Crippen LogP contribution is -2.45. The molecule has 0 aliphatic carbocycles. The van der Waals surface area contributed by atoms with Crippen LogP contribution in [0.1, 0.15) is 26.8 Å². The zero-order valence-electron chi connectivity index (χ0n) is 14.9. The summed E-state index contributed by atoms with van der Waals surface area (Å²) in [6.07, 6.45) is 3.35. The van der Waals surface area contributed by atoms with E-state index in [0.717, 1.165) is 0 Å². The number of hydrogen-bond acceptors (Lipinski definition) is 4. The standard InChI is InChI=1S/C15H27N5O2.2ClH/c1-12(20-8-6-7-17-20)14(22)18(4)9-13(21)19(5)11-15(2,3)10-16;;/h6-8,12H,9-11,16H2,1-5H3;2*1H. The first-order valence-corrected chi connectivity index (χ1v) is 7.36. The topological polar surface area (TPSA) is 84.5 Å². The Balaban J connectivity index is 0. The van der Waals surface area contributed by atoms with Crippen molar-refractivity contribution >= 4 is 36.6 Å². The molecule has 2 N–H and O–H groups in total. The van der Waals surface area contributed by atoms with Gasteiger partial charge in [-0.1, -0.05) is 13.8 Å². The maximum Gasteiger partial charge on any atom is 0.247 e. The molecule has 1 aromatic heterocycles. The molecule has 0 radical (unpaired) electrons. The third-order valence-corrected chi connectivity index (χ3v) is 3.67. The summed E-state index contributed by atoms with van der Waals surface area (Å²) < 4.78 is 1.57. The van der Waals surface area contributed by atoms with Gasteiger partial charge < -0.3 is 15.5 Å². The Hall–Kier alpha value is -1.31. The van der Waals surface area contributed by atoms with E-state index >= 15 is 0 Å². The molecule has 1 unspecified atom stereocenters. The minimum Gasteiger partial charge on any atom is -0.344 e. The van der Waals surface area contributed by atoms with Crippen LogP contribution in [0.4, 0.5) is 0 Å². The maximum absolute atomic E-state index is 12.3. The molecule has 24 heavy (non-hydrogen) atoms. The summed E-state index contributed by atoms with van der Waals surface area (Å²) in [5.41, 5.74) is 5.54. The molecule has 1 aromatic rings. The number of nitrogens with two attached hydrogens (primary N) is 1. The SMILES string of the molecule is CC(C(=O)N(C)CC(=O)N(C)CC(C)(C)CN)n1cccn1.Cl.Cl. The van der Waals surface area contributed by atoms with Crippen LogP contribution < -0.4 is 5.73 Å². The van der Waals surface area contributed by atoms with Crippen LogP contribution in [-0.2, 0) is 9.59 Å². The molecule has 1 heterocycles. The van der Waals surface area contributed by atoms with Crippen LogP contribution >= 0.6 is 24.8 Å². The Labute approximate surface area is 156 Å². The number of carbonyl (C=O) groups excluding carboxylic acids is 2. The predicted octanol–water partition coefficient (Wildman–Crippen LogP) is 1.19. The van der Waals surface area contributed by atoms with Crippen LogP contribution in [-0.4, -0.2) is 65.1 Å². The summed E-state index contributed by atoms with van der Waals surface area (Å²) >= 11 is 0. The fourth-order valence-electron chi connectivity index (χ4n) is 2.14. The van der Waals surface area contributed by atoms with Crippen LogP contribution in [0, 0.1) is 5.41 Å². The first-order chi connectivity index (χ1) is 10.2. The summed E-state index contributed by atoms with van der Waals surface area (Å²) in [4.78, 5) is 27.6. The van der Waals surface area contributed by atoms with Gasteiger partial charge in [0.05, 0.1) is 6.54 Å². The van der Waals surface area contributed by atoms with Gasteiger partial charge in [-0.05, 0) is 24.9 Å². The second-order valence-corrected chi connectivity index (χ2v) is 6.47. The average molecular weight is 382 g/mol. The minimum atomic E-state index is -0.432. The van der Waals surface area contributed by atoms with E-state index in [1.54, 1.807) is 49.1 Å². The molecular weight excluding hydrogens is 353 g/mol. The van der Waals surface area contributed by atoms with Crippen molar-refractivity contribution in [3.05, 3.63) is 18.5 Å². The Morgan fingerprint density at radius 2 is 1.83 bits per heavy atom. The second-order valence-electron chi connectivity index (χ2n) is 6.47. The molecule has 140 valence electrons. The lowest BCUT2D eigenvalue weighted by atomic mass is 9.93. The van der Waals surface area contributed by atoms with Gasteiger partial charge in [0.15, 0.2) is 0 Å². The summed E-state index contributed by atoms with van der Waals surface area (Å²) in [5.74, 6) is -0.256. The van der Waals surface area contributed by atoms with Crippen molar-refractivity contribution < 1.29 is 9.59 Å². The molecule has 0 saturated heterocycles. The lowest BCUT2D eigenvalue weighted by molar-refractivity contribution is -0.141. The van der Waals surface area contributed by atoms with Gasteiger partial charge in [-0.15, -0.1) is 24.8 Å². The number of carbonyl (C=O) groups is 2. The van der Waals surface area contributed by atoms with Crippen LogP contribution in [0.2, 0.25) is 0 Å². The van der Waals surface area contributed by atoms with E-state index < -0.39 is 6.04 Å². The zero-order valence-corrected chi connectivity index (χ0v) is 16.6. The van der Waals surface area contributed by atoms with Crippen molar-refractivity contribution in [3.63, 3.8) is 0 Å². The number of amides is 2. The molecule has 0 saturated carbocycles. The predicted molar refractivity (Wildman–Crippen MR) is 99.5 cm³/mol. The van der Waals surface area contributed by atoms with E-state index in [0.29, 0.717) is 13.1 Å². The van der Waals surface area contributed by atoms with Gasteiger partial charge in [-0.25, -0.2) is 0 Å². The van der Waals surface area contributed by atoms with Crippen molar-refractivity contribution in [2.75, 3.05) is 33.7 Å². The summed E-state index contributed by atoms with van der Waals surface area (Å²) in [6.45, 7) is 6.87. The molecule has 0 bridgehead atoms. The number of halogens is 2. The van der Waals surface area contributed by atoms with Gasteiger partial charge in [0, 0.05) is 33.0 Å². The number of likely N-dealkylation sites (N-methyl/N-ethyl adjacent to an activating group) is 2. The molecule has 1 atom stereocenters. The fourth-order valence-corrected chi connectivity index (χ4v) is 2.14. The molecule has 0 aliphatic heterocycles. The number of rotatable bonds is 7. The first kappa shape index (κ1) is 24.9. The highest BCUT2D eigenvalue weighted by Crippen LogP contribution is 2.14. The third-order valence-electron chi connectivity index (χ3n) is 3.67. The van der Waals surface area contributed by atoms with Gasteiger partial charge in [0.2, 0.25) is 11.8 Å². The third kappa shape index (κ3) is 7.07. The first-order valence-electron chi connectivity index (χ1n) is 7.36. The van der Waals surface area contributed by atoms with Crippen LogP contribution in [0.25, 0.3) is 0 Å². The molecule has 9 heteroatoms. The van der Waals surface area contributed by atoms with Gasteiger partial charge in [0.25, 0.3) is 0 Å². The van der Waals surface area contributed by atoms with Crippen molar-refractivity contribution in [3.8, 4) is 0 Å². The molecule has 0 fully saturated rings. The minimum absolute atomic E-state index is 0. The quantitative estimate of drug-likeness (QED) is 0.768. The van der Waals surface area contributed by atoms with Gasteiger partial charge in [-0.2, -0.15) is 5.10 Å². The highest BCUT2D eigenvalue weighted by Gasteiger charge is 2.25. The van der Waals surface area contributed by atoms with Crippen molar-refractivity contribution in [2.24, 2.45) is 11.1 Å². The Morgan fingerprint density at radius 3 is 2.29 bits per heavy atom. The largest absolute Gasteiger partial charge is 0.344 e. The van der Waals surface area contributed by atoms with E-state index in [4.69, 9.17) is 5.73 Å². The zero-order chi connectivity index (χ0) is 16.9. The average Bonchev–Trinajstić information content (AvgIpc) is 2.99. The van der Waals surface area contributed by atoms with Crippen LogP contribution in [0.15, 0.2) is 18.5 Å². The van der Waals surface area contributed by atoms with E-state index in [-0.39, 0.29) is 48.6 Å². The van der Waals surface area contributed by atoms with Gasteiger partial charge in [-0.3, -0.25) is 14.3 Å². The number of hydrogen-bond donors (Lipinski definition) is 1. The highest BCUT2D eigenvalue weighted by atomic mass is 35.5. The Morgan fingerprint density at radius 1 is 1.25 bits per heavy atom. The fraction of sp³-hybridized carbons (Fsp3) is 0.667. The number of aromatic nitrogens is 2. The molecule has 0 spiro atoms. The van der Waals surface area contributed by atoms with Gasteiger partial charge >= 0.3 is 0 Å².